The van der Waals surface area contributed by atoms with E-state index in [0.717, 1.165) is 32.5 Å². The highest BCUT2D eigenvalue weighted by atomic mass is 16.5. The molecule has 1 saturated heterocycles. The predicted molar refractivity (Wildman–Crippen MR) is 93.6 cm³/mol. The number of ether oxygens (including phenoxy) is 1. The number of aliphatic imine (C=N–C) groups is 1. The van der Waals surface area contributed by atoms with Crippen molar-refractivity contribution in [2.24, 2.45) is 10.9 Å². The van der Waals surface area contributed by atoms with Gasteiger partial charge >= 0.3 is 0 Å². The molecule has 1 unspecified atom stereocenters. The number of benzene rings is 2. The first-order valence-corrected chi connectivity index (χ1v) is 8.45. The molecule has 0 radical (unpaired) electrons. The molecule has 0 saturated carbocycles. The van der Waals surface area contributed by atoms with Gasteiger partial charge in [0, 0.05) is 19.1 Å². The molecular formula is C20H22N2O. The van der Waals surface area contributed by atoms with Crippen LogP contribution in [-0.2, 0) is 4.74 Å². The van der Waals surface area contributed by atoms with Crippen LogP contribution in [0.2, 0.25) is 0 Å². The zero-order valence-electron chi connectivity index (χ0n) is 13.2. The van der Waals surface area contributed by atoms with Crippen molar-refractivity contribution in [2.45, 2.75) is 18.9 Å². The molecule has 2 heterocycles. The maximum absolute atomic E-state index is 6.02. The van der Waals surface area contributed by atoms with Gasteiger partial charge in [-0.25, -0.2) is 0 Å². The van der Waals surface area contributed by atoms with E-state index in [2.05, 4.69) is 58.8 Å². The number of nitrogens with zero attached hydrogens (tertiary/aromatic N) is 1. The van der Waals surface area contributed by atoms with Crippen LogP contribution in [0.15, 0.2) is 59.6 Å². The molecule has 2 aromatic rings. The van der Waals surface area contributed by atoms with Gasteiger partial charge in [0.15, 0.2) is 0 Å². The van der Waals surface area contributed by atoms with Crippen LogP contribution in [0.5, 0.6) is 0 Å². The van der Waals surface area contributed by atoms with Gasteiger partial charge in [0.05, 0.1) is 18.5 Å². The highest BCUT2D eigenvalue weighted by Gasteiger charge is 2.28. The van der Waals surface area contributed by atoms with Crippen molar-refractivity contribution in [1.82, 2.24) is 5.32 Å². The molecule has 0 aromatic heterocycles. The van der Waals surface area contributed by atoms with Crippen molar-refractivity contribution in [3.63, 3.8) is 0 Å². The van der Waals surface area contributed by atoms with Crippen molar-refractivity contribution in [1.29, 1.82) is 0 Å². The topological polar surface area (TPSA) is 33.6 Å². The highest BCUT2D eigenvalue weighted by molar-refractivity contribution is 5.86. The molecule has 1 fully saturated rings. The van der Waals surface area contributed by atoms with Crippen LogP contribution < -0.4 is 5.32 Å². The largest absolute Gasteiger partial charge is 0.373 e. The van der Waals surface area contributed by atoms with Crippen LogP contribution in [0.3, 0.4) is 0 Å². The molecule has 0 spiro atoms. The standard InChI is InChI=1S/C20H22N2O/c1-2-4-15(5-3-1)16-6-8-17(9-7-16)19-14-18(10-13-23-19)20-21-11-12-22-20/h1-9,18-19H,10-14H2,(H,21,22)/t18?,19-/m0/s1. The fourth-order valence-corrected chi connectivity index (χ4v) is 3.49. The van der Waals surface area contributed by atoms with Crippen LogP contribution in [0.4, 0.5) is 0 Å². The average Bonchev–Trinajstić information content (AvgIpc) is 3.18. The Morgan fingerprint density at radius 1 is 0.957 bits per heavy atom. The van der Waals surface area contributed by atoms with Crippen molar-refractivity contribution in [3.05, 3.63) is 60.2 Å². The highest BCUT2D eigenvalue weighted by Crippen LogP contribution is 2.33. The van der Waals surface area contributed by atoms with Gasteiger partial charge in [0.2, 0.25) is 0 Å². The van der Waals surface area contributed by atoms with Crippen molar-refractivity contribution >= 4 is 5.84 Å². The fraction of sp³-hybridized carbons (Fsp3) is 0.350. The third kappa shape index (κ3) is 3.15. The molecule has 2 atom stereocenters. The predicted octanol–water partition coefficient (Wildman–Crippen LogP) is 3.82. The Morgan fingerprint density at radius 3 is 2.48 bits per heavy atom. The van der Waals surface area contributed by atoms with Gasteiger partial charge < -0.3 is 10.1 Å². The molecule has 3 nitrogen and oxygen atoms in total. The zero-order chi connectivity index (χ0) is 15.5. The summed E-state index contributed by atoms with van der Waals surface area (Å²) >= 11 is 0. The Hall–Kier alpha value is -2.13. The van der Waals surface area contributed by atoms with E-state index in [1.807, 2.05) is 6.07 Å². The second kappa shape index (κ2) is 6.55. The second-order valence-corrected chi connectivity index (χ2v) is 6.26. The Balaban J connectivity index is 1.49. The molecule has 2 aromatic carbocycles. The lowest BCUT2D eigenvalue weighted by molar-refractivity contribution is 0.00244. The van der Waals surface area contributed by atoms with E-state index < -0.39 is 0 Å². The van der Waals surface area contributed by atoms with Gasteiger partial charge in [-0.1, -0.05) is 54.6 Å². The fourth-order valence-electron chi connectivity index (χ4n) is 3.49. The lowest BCUT2D eigenvalue weighted by Crippen LogP contribution is -2.32. The number of hydrogen-bond donors (Lipinski definition) is 1. The molecular weight excluding hydrogens is 284 g/mol. The zero-order valence-corrected chi connectivity index (χ0v) is 13.2. The van der Waals surface area contributed by atoms with Gasteiger partial charge in [-0.05, 0) is 29.5 Å². The van der Waals surface area contributed by atoms with Crippen molar-refractivity contribution in [3.8, 4) is 11.1 Å². The van der Waals surface area contributed by atoms with E-state index in [1.54, 1.807) is 0 Å². The summed E-state index contributed by atoms with van der Waals surface area (Å²) in [5.41, 5.74) is 3.78. The van der Waals surface area contributed by atoms with Gasteiger partial charge in [-0.3, -0.25) is 4.99 Å². The summed E-state index contributed by atoms with van der Waals surface area (Å²) in [5, 5.41) is 3.42. The number of rotatable bonds is 3. The Bertz CT molecular complexity index is 679. The van der Waals surface area contributed by atoms with Gasteiger partial charge in [0.1, 0.15) is 0 Å². The smallest absolute Gasteiger partial charge is 0.0997 e. The van der Waals surface area contributed by atoms with E-state index >= 15 is 0 Å². The SMILES string of the molecule is c1ccc(-c2ccc([C@@H]3CC(C4=NCCN4)CCO3)cc2)cc1. The lowest BCUT2D eigenvalue weighted by atomic mass is 9.90. The third-order valence-corrected chi connectivity index (χ3v) is 4.76. The molecule has 0 aliphatic carbocycles. The van der Waals surface area contributed by atoms with Crippen LogP contribution in [0.25, 0.3) is 11.1 Å². The van der Waals surface area contributed by atoms with Gasteiger partial charge in [-0.15, -0.1) is 0 Å². The molecule has 4 rings (SSSR count). The molecule has 3 heteroatoms. The summed E-state index contributed by atoms with van der Waals surface area (Å²) < 4.78 is 6.02. The summed E-state index contributed by atoms with van der Waals surface area (Å²) in [6, 6.07) is 19.3. The maximum atomic E-state index is 6.02. The first-order chi connectivity index (χ1) is 11.4. The minimum atomic E-state index is 0.184. The molecule has 23 heavy (non-hydrogen) atoms. The molecule has 2 aliphatic rings. The first kappa shape index (κ1) is 14.5. The van der Waals surface area contributed by atoms with Crippen LogP contribution >= 0.6 is 0 Å². The monoisotopic (exact) mass is 306 g/mol. The second-order valence-electron chi connectivity index (χ2n) is 6.26. The van der Waals surface area contributed by atoms with Crippen LogP contribution in [0.1, 0.15) is 24.5 Å². The van der Waals surface area contributed by atoms with Crippen molar-refractivity contribution < 1.29 is 4.74 Å². The van der Waals surface area contributed by atoms with E-state index in [4.69, 9.17) is 4.74 Å². The Kier molecular flexibility index (Phi) is 4.12. The molecule has 0 bridgehead atoms. The van der Waals surface area contributed by atoms with E-state index in [1.165, 1.54) is 22.5 Å². The molecule has 118 valence electrons. The molecule has 0 amide bonds. The van der Waals surface area contributed by atoms with E-state index in [9.17, 15) is 0 Å². The van der Waals surface area contributed by atoms with E-state index in [-0.39, 0.29) is 6.10 Å². The third-order valence-electron chi connectivity index (χ3n) is 4.76. The van der Waals surface area contributed by atoms with Crippen LogP contribution in [-0.4, -0.2) is 25.5 Å². The summed E-state index contributed by atoms with van der Waals surface area (Å²) in [4.78, 5) is 4.59. The minimum Gasteiger partial charge on any atom is -0.373 e. The molecule has 1 N–H and O–H groups in total. The van der Waals surface area contributed by atoms with Gasteiger partial charge in [0.25, 0.3) is 0 Å². The quantitative estimate of drug-likeness (QED) is 0.935. The van der Waals surface area contributed by atoms with Gasteiger partial charge in [-0.2, -0.15) is 0 Å². The van der Waals surface area contributed by atoms with E-state index in [0.29, 0.717) is 5.92 Å². The number of nitrogens with one attached hydrogen (secondary N) is 1. The van der Waals surface area contributed by atoms with Crippen LogP contribution in [0, 0.1) is 5.92 Å². The molecule has 2 aliphatic heterocycles. The summed E-state index contributed by atoms with van der Waals surface area (Å²) in [6.45, 7) is 2.72. The summed E-state index contributed by atoms with van der Waals surface area (Å²) in [7, 11) is 0. The summed E-state index contributed by atoms with van der Waals surface area (Å²) in [6.07, 6.45) is 2.28. The lowest BCUT2D eigenvalue weighted by Gasteiger charge is -2.30. The maximum Gasteiger partial charge on any atom is 0.0997 e. The van der Waals surface area contributed by atoms with Crippen molar-refractivity contribution in [2.75, 3.05) is 19.7 Å². The minimum absolute atomic E-state index is 0.184. The average molecular weight is 306 g/mol. The Morgan fingerprint density at radius 2 is 1.74 bits per heavy atom. The summed E-state index contributed by atoms with van der Waals surface area (Å²) in [5.74, 6) is 1.71. The normalized spacial score (nSPS) is 24.1. The Labute approximate surface area is 137 Å². The number of amidine groups is 1. The first-order valence-electron chi connectivity index (χ1n) is 8.45. The number of hydrogen-bond acceptors (Lipinski definition) is 3.